The second-order valence-corrected chi connectivity index (χ2v) is 5.33. The smallest absolute Gasteiger partial charge is 0.0890 e. The predicted molar refractivity (Wildman–Crippen MR) is 85.1 cm³/mol. The van der Waals surface area contributed by atoms with Crippen LogP contribution in [0.15, 0.2) is 59.7 Å². The molecule has 2 aromatic carbocycles. The Hall–Kier alpha value is -2.55. The normalized spacial score (nSPS) is 13.2. The molecule has 0 bridgehead atoms. The first-order valence-corrected chi connectivity index (χ1v) is 7.23. The standard InChI is InChI=1S/C18H15N3/c1-2-6-16-13(5-1)11-14(20-16)9-10-15-12-19-17-7-3-4-8-18(17)21-15/h1-8,12H,9-11H2. The van der Waals surface area contributed by atoms with Gasteiger partial charge in [-0.15, -0.1) is 0 Å². The van der Waals surface area contributed by atoms with Crippen LogP contribution in [-0.2, 0) is 12.8 Å². The lowest BCUT2D eigenvalue weighted by molar-refractivity contribution is 0.959. The maximum atomic E-state index is 4.70. The second kappa shape index (κ2) is 5.09. The molecule has 0 N–H and O–H groups in total. The maximum Gasteiger partial charge on any atom is 0.0890 e. The lowest BCUT2D eigenvalue weighted by Crippen LogP contribution is -2.02. The van der Waals surface area contributed by atoms with Crippen LogP contribution in [0, 0.1) is 0 Å². The molecule has 0 saturated heterocycles. The van der Waals surface area contributed by atoms with Crippen molar-refractivity contribution < 1.29 is 0 Å². The number of hydrogen-bond donors (Lipinski definition) is 0. The quantitative estimate of drug-likeness (QED) is 0.726. The van der Waals surface area contributed by atoms with Crippen molar-refractivity contribution in [2.75, 3.05) is 0 Å². The van der Waals surface area contributed by atoms with E-state index in [0.29, 0.717) is 0 Å². The Morgan fingerprint density at radius 1 is 0.857 bits per heavy atom. The van der Waals surface area contributed by atoms with Gasteiger partial charge in [-0.25, -0.2) is 4.98 Å². The van der Waals surface area contributed by atoms with Crippen LogP contribution in [0.25, 0.3) is 11.0 Å². The van der Waals surface area contributed by atoms with E-state index in [2.05, 4.69) is 28.2 Å². The van der Waals surface area contributed by atoms with Crippen molar-refractivity contribution in [3.05, 3.63) is 66.0 Å². The van der Waals surface area contributed by atoms with E-state index in [9.17, 15) is 0 Å². The molecule has 0 fully saturated rings. The molecule has 3 aromatic rings. The van der Waals surface area contributed by atoms with Crippen molar-refractivity contribution in [2.45, 2.75) is 19.3 Å². The van der Waals surface area contributed by atoms with Gasteiger partial charge in [-0.3, -0.25) is 9.98 Å². The van der Waals surface area contributed by atoms with E-state index in [4.69, 9.17) is 4.99 Å². The van der Waals surface area contributed by atoms with Gasteiger partial charge in [-0.05, 0) is 36.6 Å². The van der Waals surface area contributed by atoms with Crippen molar-refractivity contribution in [3.63, 3.8) is 0 Å². The van der Waals surface area contributed by atoms with Crippen LogP contribution in [0.4, 0.5) is 5.69 Å². The van der Waals surface area contributed by atoms with Gasteiger partial charge in [-0.1, -0.05) is 30.3 Å². The number of hydrogen-bond acceptors (Lipinski definition) is 3. The third-order valence-corrected chi connectivity index (χ3v) is 3.83. The Labute approximate surface area is 123 Å². The van der Waals surface area contributed by atoms with Crippen LogP contribution in [0.5, 0.6) is 0 Å². The van der Waals surface area contributed by atoms with Gasteiger partial charge >= 0.3 is 0 Å². The van der Waals surface area contributed by atoms with Gasteiger partial charge < -0.3 is 0 Å². The average molecular weight is 273 g/mol. The molecule has 21 heavy (non-hydrogen) atoms. The molecule has 0 aliphatic carbocycles. The zero-order valence-electron chi connectivity index (χ0n) is 11.7. The highest BCUT2D eigenvalue weighted by Gasteiger charge is 2.13. The highest BCUT2D eigenvalue weighted by Crippen LogP contribution is 2.27. The number of aliphatic imine (C=N–C) groups is 1. The predicted octanol–water partition coefficient (Wildman–Crippen LogP) is 3.89. The molecule has 2 heterocycles. The number of aromatic nitrogens is 2. The Morgan fingerprint density at radius 3 is 2.57 bits per heavy atom. The molecule has 4 rings (SSSR count). The Balaban J connectivity index is 1.50. The summed E-state index contributed by atoms with van der Waals surface area (Å²) >= 11 is 0. The van der Waals surface area contributed by atoms with Gasteiger partial charge in [0.15, 0.2) is 0 Å². The molecule has 0 atom stereocenters. The zero-order valence-corrected chi connectivity index (χ0v) is 11.7. The summed E-state index contributed by atoms with van der Waals surface area (Å²) in [6, 6.07) is 16.3. The van der Waals surface area contributed by atoms with Crippen LogP contribution in [-0.4, -0.2) is 15.7 Å². The van der Waals surface area contributed by atoms with E-state index < -0.39 is 0 Å². The minimum absolute atomic E-state index is 0.894. The van der Waals surface area contributed by atoms with Gasteiger partial charge in [0.2, 0.25) is 0 Å². The SMILES string of the molecule is c1ccc2c(c1)CC(CCc1cnc3ccccc3n1)=N2. The molecule has 0 amide bonds. The number of nitrogens with zero attached hydrogens (tertiary/aromatic N) is 3. The first-order chi connectivity index (χ1) is 10.4. The number of benzene rings is 2. The van der Waals surface area contributed by atoms with Crippen LogP contribution < -0.4 is 0 Å². The van der Waals surface area contributed by atoms with Crippen molar-refractivity contribution in [1.29, 1.82) is 0 Å². The molecule has 1 aromatic heterocycles. The minimum atomic E-state index is 0.894. The number of para-hydroxylation sites is 3. The second-order valence-electron chi connectivity index (χ2n) is 5.33. The van der Waals surface area contributed by atoms with Crippen molar-refractivity contribution in [3.8, 4) is 0 Å². The molecule has 0 spiro atoms. The topological polar surface area (TPSA) is 38.1 Å². The first-order valence-electron chi connectivity index (χ1n) is 7.23. The van der Waals surface area contributed by atoms with Gasteiger partial charge in [0, 0.05) is 18.3 Å². The highest BCUT2D eigenvalue weighted by molar-refractivity contribution is 5.94. The fraction of sp³-hybridized carbons (Fsp3) is 0.167. The fourth-order valence-electron chi connectivity index (χ4n) is 2.73. The first kappa shape index (κ1) is 12.2. The molecule has 3 nitrogen and oxygen atoms in total. The average Bonchev–Trinajstić information content (AvgIpc) is 2.95. The number of rotatable bonds is 3. The van der Waals surface area contributed by atoms with E-state index in [-0.39, 0.29) is 0 Å². The Kier molecular flexibility index (Phi) is 2.96. The van der Waals surface area contributed by atoms with Crippen LogP contribution in [0.2, 0.25) is 0 Å². The third-order valence-electron chi connectivity index (χ3n) is 3.83. The summed E-state index contributed by atoms with van der Waals surface area (Å²) in [7, 11) is 0. The lowest BCUT2D eigenvalue weighted by atomic mass is 10.1. The summed E-state index contributed by atoms with van der Waals surface area (Å²) in [5.41, 5.74) is 6.64. The molecule has 102 valence electrons. The van der Waals surface area contributed by atoms with Crippen LogP contribution in [0.3, 0.4) is 0 Å². The van der Waals surface area contributed by atoms with Crippen molar-refractivity contribution >= 4 is 22.4 Å². The van der Waals surface area contributed by atoms with E-state index in [1.54, 1.807) is 0 Å². The maximum absolute atomic E-state index is 4.70. The molecular formula is C18H15N3. The summed E-state index contributed by atoms with van der Waals surface area (Å²) in [5, 5.41) is 0. The highest BCUT2D eigenvalue weighted by atomic mass is 14.8. The Morgan fingerprint density at radius 2 is 1.67 bits per heavy atom. The summed E-state index contributed by atoms with van der Waals surface area (Å²) in [4.78, 5) is 13.8. The monoisotopic (exact) mass is 273 g/mol. The Bertz CT molecular complexity index is 836. The zero-order chi connectivity index (χ0) is 14.1. The van der Waals surface area contributed by atoms with Crippen molar-refractivity contribution in [1.82, 2.24) is 9.97 Å². The number of aryl methyl sites for hydroxylation is 1. The molecular weight excluding hydrogens is 258 g/mol. The summed E-state index contributed by atoms with van der Waals surface area (Å²) in [6.07, 6.45) is 4.69. The summed E-state index contributed by atoms with van der Waals surface area (Å²) in [6.45, 7) is 0. The largest absolute Gasteiger partial charge is 0.257 e. The van der Waals surface area contributed by atoms with Crippen LogP contribution in [0.1, 0.15) is 17.7 Å². The van der Waals surface area contributed by atoms with Gasteiger partial charge in [0.25, 0.3) is 0 Å². The fourth-order valence-corrected chi connectivity index (χ4v) is 2.73. The van der Waals surface area contributed by atoms with E-state index >= 15 is 0 Å². The minimum Gasteiger partial charge on any atom is -0.257 e. The van der Waals surface area contributed by atoms with Gasteiger partial charge in [-0.2, -0.15) is 0 Å². The molecule has 3 heteroatoms. The van der Waals surface area contributed by atoms with Gasteiger partial charge in [0.05, 0.1) is 22.4 Å². The van der Waals surface area contributed by atoms with Crippen LogP contribution >= 0.6 is 0 Å². The molecule has 0 saturated carbocycles. The van der Waals surface area contributed by atoms with E-state index in [1.165, 1.54) is 11.3 Å². The molecule has 0 unspecified atom stereocenters. The molecule has 1 aliphatic rings. The lowest BCUT2D eigenvalue weighted by Gasteiger charge is -2.02. The third kappa shape index (κ3) is 2.42. The van der Waals surface area contributed by atoms with E-state index in [1.807, 2.05) is 36.5 Å². The molecule has 1 aliphatic heterocycles. The number of fused-ring (bicyclic) bond motifs is 2. The van der Waals surface area contributed by atoms with Gasteiger partial charge in [0.1, 0.15) is 0 Å². The van der Waals surface area contributed by atoms with Crippen molar-refractivity contribution in [2.24, 2.45) is 4.99 Å². The summed E-state index contributed by atoms with van der Waals surface area (Å²) in [5.74, 6) is 0. The van der Waals surface area contributed by atoms with E-state index in [0.717, 1.165) is 41.7 Å². The summed E-state index contributed by atoms with van der Waals surface area (Å²) < 4.78 is 0. The molecule has 0 radical (unpaired) electrons.